The zero-order valence-electron chi connectivity index (χ0n) is 16.3. The van der Waals surface area contributed by atoms with Gasteiger partial charge in [-0.15, -0.1) is 0 Å². The summed E-state index contributed by atoms with van der Waals surface area (Å²) in [4.78, 5) is 27.2. The quantitative estimate of drug-likeness (QED) is 0.773. The van der Waals surface area contributed by atoms with Crippen molar-refractivity contribution in [2.24, 2.45) is 11.3 Å². The van der Waals surface area contributed by atoms with E-state index in [0.717, 1.165) is 31.5 Å². The van der Waals surface area contributed by atoms with Gasteiger partial charge in [-0.05, 0) is 62.1 Å². The van der Waals surface area contributed by atoms with Gasteiger partial charge in [-0.1, -0.05) is 25.0 Å². The number of ether oxygens (including phenoxy) is 1. The monoisotopic (exact) mass is 373 g/mol. The number of hydrogen-bond donors (Lipinski definition) is 1. The van der Waals surface area contributed by atoms with Crippen LogP contribution in [0.3, 0.4) is 0 Å². The van der Waals surface area contributed by atoms with E-state index < -0.39 is 5.92 Å². The van der Waals surface area contributed by atoms with Gasteiger partial charge >= 0.3 is 5.97 Å². The average Bonchev–Trinajstić information content (AvgIpc) is 3.11. The topological polar surface area (TPSA) is 66.8 Å². The molecule has 1 spiro atoms. The molecule has 0 radical (unpaired) electrons. The Balaban J connectivity index is 1.60. The summed E-state index contributed by atoms with van der Waals surface area (Å²) in [5, 5.41) is 9.43. The van der Waals surface area contributed by atoms with Gasteiger partial charge in [-0.3, -0.25) is 9.59 Å². The van der Waals surface area contributed by atoms with Gasteiger partial charge in [-0.2, -0.15) is 0 Å². The van der Waals surface area contributed by atoms with E-state index in [0.29, 0.717) is 18.4 Å². The minimum absolute atomic E-state index is 0.0553. The minimum atomic E-state index is -0.482. The number of aromatic hydroxyl groups is 1. The van der Waals surface area contributed by atoms with Crippen LogP contribution in [0.25, 0.3) is 0 Å². The van der Waals surface area contributed by atoms with Crippen molar-refractivity contribution in [3.05, 3.63) is 29.8 Å². The van der Waals surface area contributed by atoms with Gasteiger partial charge < -0.3 is 14.7 Å². The second kappa shape index (κ2) is 8.77. The first-order valence-electron chi connectivity index (χ1n) is 10.2. The van der Waals surface area contributed by atoms with Crippen LogP contribution >= 0.6 is 0 Å². The fourth-order valence-corrected chi connectivity index (χ4v) is 4.61. The lowest BCUT2D eigenvalue weighted by molar-refractivity contribution is -0.151. The van der Waals surface area contributed by atoms with E-state index in [4.69, 9.17) is 4.74 Å². The number of carbonyl (C=O) groups excluding carboxylic acids is 2. The van der Waals surface area contributed by atoms with Crippen LogP contribution in [0, 0.1) is 11.3 Å². The highest BCUT2D eigenvalue weighted by atomic mass is 16.5. The minimum Gasteiger partial charge on any atom is -0.508 e. The molecule has 2 fully saturated rings. The third-order valence-corrected chi connectivity index (χ3v) is 6.30. The molecule has 1 unspecified atom stereocenters. The molecule has 27 heavy (non-hydrogen) atoms. The molecule has 1 aromatic carbocycles. The Kier molecular flexibility index (Phi) is 6.40. The maximum atomic E-state index is 12.8. The molecule has 1 aliphatic heterocycles. The summed E-state index contributed by atoms with van der Waals surface area (Å²) in [7, 11) is 0. The molecule has 1 aliphatic carbocycles. The van der Waals surface area contributed by atoms with Gasteiger partial charge in [0.15, 0.2) is 0 Å². The molecule has 0 aromatic heterocycles. The van der Waals surface area contributed by atoms with Crippen molar-refractivity contribution in [3.63, 3.8) is 0 Å². The summed E-state index contributed by atoms with van der Waals surface area (Å²) in [5.74, 6) is -0.552. The summed E-state index contributed by atoms with van der Waals surface area (Å²) in [6.07, 6.45) is 8.09. The molecule has 2 aliphatic rings. The standard InChI is InChI=1S/C22H31NO4/c1-2-27-21(26)18(15-17-5-7-19(24)8-6-17)16-20(25)23-13-11-22(12-14-23)9-3-4-10-22/h5-8,18,24H,2-4,9-16H2,1H3. The van der Waals surface area contributed by atoms with E-state index >= 15 is 0 Å². The SMILES string of the molecule is CCOC(=O)C(CC(=O)N1CCC2(CCCC2)CC1)Cc1ccc(O)cc1. The molecular weight excluding hydrogens is 342 g/mol. The van der Waals surface area contributed by atoms with Crippen molar-refractivity contribution >= 4 is 11.9 Å². The van der Waals surface area contributed by atoms with Gasteiger partial charge in [-0.25, -0.2) is 0 Å². The predicted octanol–water partition coefficient (Wildman–Crippen LogP) is 3.69. The Hall–Kier alpha value is -2.04. The van der Waals surface area contributed by atoms with E-state index in [1.54, 1.807) is 31.2 Å². The molecule has 3 rings (SSSR count). The molecule has 1 saturated carbocycles. The van der Waals surface area contributed by atoms with Crippen molar-refractivity contribution in [1.82, 2.24) is 4.90 Å². The molecule has 148 valence electrons. The number of piperidine rings is 1. The van der Waals surface area contributed by atoms with Crippen LogP contribution in [0.1, 0.15) is 57.4 Å². The van der Waals surface area contributed by atoms with Crippen LogP contribution in [-0.4, -0.2) is 41.6 Å². The predicted molar refractivity (Wildman–Crippen MR) is 103 cm³/mol. The number of phenols is 1. The van der Waals surface area contributed by atoms with E-state index in [2.05, 4.69) is 0 Å². The first kappa shape index (κ1) is 19.7. The van der Waals surface area contributed by atoms with Crippen molar-refractivity contribution in [3.8, 4) is 5.75 Å². The summed E-state index contributed by atoms with van der Waals surface area (Å²) in [6, 6.07) is 6.78. The lowest BCUT2D eigenvalue weighted by atomic mass is 9.77. The molecule has 1 aromatic rings. The fraction of sp³-hybridized carbons (Fsp3) is 0.636. The molecule has 1 saturated heterocycles. The third-order valence-electron chi connectivity index (χ3n) is 6.30. The van der Waals surface area contributed by atoms with Crippen molar-refractivity contribution < 1.29 is 19.4 Å². The first-order chi connectivity index (χ1) is 13.0. The van der Waals surface area contributed by atoms with Crippen molar-refractivity contribution in [2.45, 2.75) is 58.3 Å². The number of esters is 1. The highest BCUT2D eigenvalue weighted by Crippen LogP contribution is 2.46. The number of nitrogens with zero attached hydrogens (tertiary/aromatic N) is 1. The number of carbonyl (C=O) groups is 2. The van der Waals surface area contributed by atoms with Gasteiger partial charge in [0.25, 0.3) is 0 Å². The second-order valence-corrected chi connectivity index (χ2v) is 8.11. The van der Waals surface area contributed by atoms with Gasteiger partial charge in [0.1, 0.15) is 5.75 Å². The molecule has 1 amide bonds. The lowest BCUT2D eigenvalue weighted by Crippen LogP contribution is -2.43. The second-order valence-electron chi connectivity index (χ2n) is 8.11. The third kappa shape index (κ3) is 5.02. The largest absolute Gasteiger partial charge is 0.508 e. The molecule has 5 heteroatoms. The maximum Gasteiger partial charge on any atom is 0.309 e. The summed E-state index contributed by atoms with van der Waals surface area (Å²) in [5.41, 5.74) is 1.39. The number of likely N-dealkylation sites (tertiary alicyclic amines) is 1. The number of rotatable bonds is 6. The zero-order chi connectivity index (χ0) is 19.3. The Morgan fingerprint density at radius 3 is 2.33 bits per heavy atom. The van der Waals surface area contributed by atoms with Crippen LogP contribution in [-0.2, 0) is 20.7 Å². The number of phenolic OH excluding ortho intramolecular Hbond substituents is 1. The van der Waals surface area contributed by atoms with Crippen LogP contribution < -0.4 is 0 Å². The highest BCUT2D eigenvalue weighted by molar-refractivity contribution is 5.83. The van der Waals surface area contributed by atoms with Gasteiger partial charge in [0.05, 0.1) is 12.5 Å². The molecule has 1 atom stereocenters. The summed E-state index contributed by atoms with van der Waals surface area (Å²) in [6.45, 7) is 3.72. The Labute approximate surface area is 161 Å². The van der Waals surface area contributed by atoms with Gasteiger partial charge in [0, 0.05) is 19.5 Å². The Morgan fingerprint density at radius 1 is 1.11 bits per heavy atom. The number of hydrogen-bond acceptors (Lipinski definition) is 4. The van der Waals surface area contributed by atoms with E-state index in [1.165, 1.54) is 25.7 Å². The van der Waals surface area contributed by atoms with Crippen LogP contribution in [0.2, 0.25) is 0 Å². The maximum absolute atomic E-state index is 12.8. The zero-order valence-corrected chi connectivity index (χ0v) is 16.3. The van der Waals surface area contributed by atoms with E-state index in [-0.39, 0.29) is 24.0 Å². The molecule has 1 heterocycles. The van der Waals surface area contributed by atoms with E-state index in [1.807, 2.05) is 4.90 Å². The average molecular weight is 373 g/mol. The summed E-state index contributed by atoms with van der Waals surface area (Å²) < 4.78 is 5.21. The normalized spacial score (nSPS) is 19.8. The number of amides is 1. The Bertz CT molecular complexity index is 639. The highest BCUT2D eigenvalue weighted by Gasteiger charge is 2.38. The lowest BCUT2D eigenvalue weighted by Gasteiger charge is -2.39. The first-order valence-corrected chi connectivity index (χ1v) is 10.2. The van der Waals surface area contributed by atoms with Crippen molar-refractivity contribution in [2.75, 3.05) is 19.7 Å². The van der Waals surface area contributed by atoms with Crippen LogP contribution in [0.5, 0.6) is 5.75 Å². The fourth-order valence-electron chi connectivity index (χ4n) is 4.61. The van der Waals surface area contributed by atoms with Crippen LogP contribution in [0.15, 0.2) is 24.3 Å². The molecule has 1 N–H and O–H groups in total. The smallest absolute Gasteiger partial charge is 0.309 e. The molecular formula is C22H31NO4. The van der Waals surface area contributed by atoms with Crippen molar-refractivity contribution in [1.29, 1.82) is 0 Å². The summed E-state index contributed by atoms with van der Waals surface area (Å²) >= 11 is 0. The molecule has 0 bridgehead atoms. The van der Waals surface area contributed by atoms with E-state index in [9.17, 15) is 14.7 Å². The Morgan fingerprint density at radius 2 is 1.74 bits per heavy atom. The van der Waals surface area contributed by atoms with Gasteiger partial charge in [0.2, 0.25) is 5.91 Å². The van der Waals surface area contributed by atoms with Crippen LogP contribution in [0.4, 0.5) is 0 Å². The number of benzene rings is 1. The molecule has 5 nitrogen and oxygen atoms in total.